The van der Waals surface area contributed by atoms with E-state index in [0.29, 0.717) is 19.0 Å². The van der Waals surface area contributed by atoms with Gasteiger partial charge in [-0.3, -0.25) is 9.59 Å². The van der Waals surface area contributed by atoms with Gasteiger partial charge >= 0.3 is 0 Å². The van der Waals surface area contributed by atoms with E-state index in [2.05, 4.69) is 27.4 Å². The second kappa shape index (κ2) is 9.37. The van der Waals surface area contributed by atoms with Crippen molar-refractivity contribution < 1.29 is 30.0 Å². The molecule has 6 heteroatoms. The van der Waals surface area contributed by atoms with Crippen molar-refractivity contribution >= 4 is 12.6 Å². The van der Waals surface area contributed by atoms with Crippen molar-refractivity contribution in [1.82, 2.24) is 0 Å². The lowest BCUT2D eigenvalue weighted by atomic mass is 9.48. The molecule has 188 valence electrons. The van der Waals surface area contributed by atoms with Gasteiger partial charge in [0.25, 0.3) is 0 Å². The van der Waals surface area contributed by atoms with Crippen LogP contribution in [-0.4, -0.2) is 38.6 Å². The molecule has 2 aliphatic rings. The maximum Gasteiger partial charge on any atom is 0.157 e. The summed E-state index contributed by atoms with van der Waals surface area (Å²) >= 11 is 0. The molecule has 3 rings (SSSR count). The highest BCUT2D eigenvalue weighted by Crippen LogP contribution is 2.63. The molecule has 0 spiro atoms. The molecule has 0 saturated heterocycles. The molecule has 5 atom stereocenters. The first kappa shape index (κ1) is 26.3. The molecule has 4 N–H and O–H groups in total. The summed E-state index contributed by atoms with van der Waals surface area (Å²) in [5.41, 5.74) is -0.338. The third-order valence-electron chi connectivity index (χ3n) is 8.81. The number of aldehydes is 2. The quantitative estimate of drug-likeness (QED) is 0.298. The second-order valence-corrected chi connectivity index (χ2v) is 11.7. The summed E-state index contributed by atoms with van der Waals surface area (Å²) in [6.07, 6.45) is 5.46. The van der Waals surface area contributed by atoms with Gasteiger partial charge in [-0.25, -0.2) is 0 Å². The van der Waals surface area contributed by atoms with Crippen molar-refractivity contribution in [3.63, 3.8) is 0 Å². The minimum absolute atomic E-state index is 0.0495. The van der Waals surface area contributed by atoms with Crippen LogP contribution in [0.3, 0.4) is 0 Å². The number of fused-ring (bicyclic) bond motifs is 1. The normalized spacial score (nSPS) is 28.4. The van der Waals surface area contributed by atoms with E-state index >= 15 is 0 Å². The van der Waals surface area contributed by atoms with E-state index in [9.17, 15) is 30.0 Å². The number of aliphatic hydroxyl groups is 1. The summed E-state index contributed by atoms with van der Waals surface area (Å²) in [5, 5.41) is 43.1. The molecule has 2 fully saturated rings. The zero-order valence-electron chi connectivity index (χ0n) is 21.1. The van der Waals surface area contributed by atoms with Crippen LogP contribution in [0.4, 0.5) is 0 Å². The Bertz CT molecular complexity index is 937. The van der Waals surface area contributed by atoms with Crippen LogP contribution >= 0.6 is 0 Å². The lowest BCUT2D eigenvalue weighted by Crippen LogP contribution is -2.49. The molecule has 0 heterocycles. The topological polar surface area (TPSA) is 115 Å². The number of carbonyl (C=O) groups is 2. The van der Waals surface area contributed by atoms with Crippen LogP contribution in [0.1, 0.15) is 105 Å². The van der Waals surface area contributed by atoms with Crippen LogP contribution in [0.15, 0.2) is 12.2 Å². The summed E-state index contributed by atoms with van der Waals surface area (Å²) in [6, 6.07) is 0. The predicted octanol–water partition coefficient (Wildman–Crippen LogP) is 5.72. The third kappa shape index (κ3) is 4.37. The number of hydrogen-bond acceptors (Lipinski definition) is 6. The van der Waals surface area contributed by atoms with Gasteiger partial charge < -0.3 is 20.4 Å². The second-order valence-electron chi connectivity index (χ2n) is 11.7. The number of rotatable bonds is 7. The Morgan fingerprint density at radius 2 is 1.62 bits per heavy atom. The molecule has 6 nitrogen and oxygen atoms in total. The Morgan fingerprint density at radius 3 is 2.09 bits per heavy atom. The van der Waals surface area contributed by atoms with Crippen LogP contribution < -0.4 is 0 Å². The van der Waals surface area contributed by atoms with E-state index in [1.165, 1.54) is 5.57 Å². The van der Waals surface area contributed by atoms with Gasteiger partial charge in [-0.05, 0) is 87.4 Å². The third-order valence-corrected chi connectivity index (χ3v) is 8.81. The SMILES string of the molecule is C=C1CC[C@@H]([C@H](CC(C)C)c2c(O)c(C=O)c(O)c(C=O)c2O)[C@]2(C)CCC(C(C)(C)O)C[C@@H]12. The average Bonchev–Trinajstić information content (AvgIpc) is 2.72. The van der Waals surface area contributed by atoms with Gasteiger partial charge in [-0.15, -0.1) is 0 Å². The zero-order chi connectivity index (χ0) is 25.6. The molecular formula is C28H40O6. The predicted molar refractivity (Wildman–Crippen MR) is 132 cm³/mol. The van der Waals surface area contributed by atoms with E-state index in [-0.39, 0.29) is 51.7 Å². The zero-order valence-corrected chi connectivity index (χ0v) is 21.1. The lowest BCUT2D eigenvalue weighted by Gasteiger charge is -2.57. The highest BCUT2D eigenvalue weighted by molar-refractivity contribution is 5.95. The van der Waals surface area contributed by atoms with E-state index in [1.807, 2.05) is 13.8 Å². The molecule has 0 bridgehead atoms. The van der Waals surface area contributed by atoms with Gasteiger partial charge in [-0.1, -0.05) is 32.9 Å². The van der Waals surface area contributed by atoms with E-state index in [1.54, 1.807) is 0 Å². The number of carbonyl (C=O) groups excluding carboxylic acids is 2. The van der Waals surface area contributed by atoms with Crippen LogP contribution in [0.2, 0.25) is 0 Å². The summed E-state index contributed by atoms with van der Waals surface area (Å²) < 4.78 is 0. The largest absolute Gasteiger partial charge is 0.507 e. The molecule has 1 unspecified atom stereocenters. The Kier molecular flexibility index (Phi) is 7.24. The molecule has 0 radical (unpaired) electrons. The van der Waals surface area contributed by atoms with Gasteiger partial charge in [0.1, 0.15) is 17.2 Å². The van der Waals surface area contributed by atoms with Crippen LogP contribution in [0.25, 0.3) is 0 Å². The monoisotopic (exact) mass is 472 g/mol. The molecule has 0 aromatic heterocycles. The number of phenolic OH excluding ortho intramolecular Hbond substituents is 3. The van der Waals surface area contributed by atoms with Crippen molar-refractivity contribution in [3.05, 3.63) is 28.8 Å². The Morgan fingerprint density at radius 1 is 1.06 bits per heavy atom. The number of benzene rings is 1. The van der Waals surface area contributed by atoms with Crippen LogP contribution in [-0.2, 0) is 0 Å². The van der Waals surface area contributed by atoms with Gasteiger partial charge in [-0.2, -0.15) is 0 Å². The maximum atomic E-state index is 11.7. The fourth-order valence-electron chi connectivity index (χ4n) is 6.89. The van der Waals surface area contributed by atoms with E-state index in [4.69, 9.17) is 0 Å². The first-order valence-corrected chi connectivity index (χ1v) is 12.4. The van der Waals surface area contributed by atoms with Gasteiger partial charge in [0.2, 0.25) is 0 Å². The number of aromatic hydroxyl groups is 3. The fourth-order valence-corrected chi connectivity index (χ4v) is 6.89. The number of allylic oxidation sites excluding steroid dienone is 1. The summed E-state index contributed by atoms with van der Waals surface area (Å²) in [4.78, 5) is 23.4. The fraction of sp³-hybridized carbons (Fsp3) is 0.643. The molecule has 34 heavy (non-hydrogen) atoms. The van der Waals surface area contributed by atoms with Gasteiger partial charge in [0, 0.05) is 5.56 Å². The number of hydrogen-bond donors (Lipinski definition) is 4. The first-order valence-electron chi connectivity index (χ1n) is 12.4. The molecule has 1 aromatic rings. The van der Waals surface area contributed by atoms with Gasteiger partial charge in [0.05, 0.1) is 16.7 Å². The highest BCUT2D eigenvalue weighted by Gasteiger charge is 2.53. The minimum atomic E-state index is -0.781. The first-order chi connectivity index (χ1) is 15.8. The molecule has 2 aliphatic carbocycles. The minimum Gasteiger partial charge on any atom is -0.507 e. The summed E-state index contributed by atoms with van der Waals surface area (Å²) in [7, 11) is 0. The molecule has 1 aromatic carbocycles. The number of phenols is 3. The molecule has 2 saturated carbocycles. The standard InChI is InChI=1S/C28H40O6/c1-15(2)11-18(23-25(32)19(13-29)24(31)20(14-30)26(23)33)21-8-7-16(3)22-12-17(27(4,5)34)9-10-28(21,22)6/h13-15,17-18,21-22,31-34H,3,7-12H2,1-2,4-6H3/t17?,18-,21-,22-,28-/m0/s1. The van der Waals surface area contributed by atoms with Crippen LogP contribution in [0, 0.1) is 29.1 Å². The van der Waals surface area contributed by atoms with Crippen molar-refractivity contribution in [1.29, 1.82) is 0 Å². The van der Waals surface area contributed by atoms with Crippen LogP contribution in [0.5, 0.6) is 17.2 Å². The average molecular weight is 473 g/mol. The highest BCUT2D eigenvalue weighted by atomic mass is 16.3. The Labute approximate surface area is 202 Å². The van der Waals surface area contributed by atoms with Crippen molar-refractivity contribution in [2.75, 3.05) is 0 Å². The summed E-state index contributed by atoms with van der Waals surface area (Å²) in [6.45, 7) is 14.5. The smallest absolute Gasteiger partial charge is 0.157 e. The van der Waals surface area contributed by atoms with E-state index in [0.717, 1.165) is 32.1 Å². The Hall–Kier alpha value is -2.34. The van der Waals surface area contributed by atoms with Crippen molar-refractivity contribution in [3.8, 4) is 17.2 Å². The Balaban J connectivity index is 2.17. The lowest BCUT2D eigenvalue weighted by molar-refractivity contribution is -0.0652. The molecular weight excluding hydrogens is 432 g/mol. The molecule has 0 aliphatic heterocycles. The van der Waals surface area contributed by atoms with Crippen molar-refractivity contribution in [2.45, 2.75) is 84.7 Å². The van der Waals surface area contributed by atoms with Gasteiger partial charge in [0.15, 0.2) is 12.6 Å². The summed E-state index contributed by atoms with van der Waals surface area (Å²) in [5.74, 6) is -1.31. The maximum absolute atomic E-state index is 11.7. The van der Waals surface area contributed by atoms with Crippen molar-refractivity contribution in [2.24, 2.45) is 29.1 Å². The van der Waals surface area contributed by atoms with E-state index < -0.39 is 22.8 Å². The molecule has 0 amide bonds.